The summed E-state index contributed by atoms with van der Waals surface area (Å²) in [6, 6.07) is 15.6. The van der Waals surface area contributed by atoms with Crippen LogP contribution in [0.4, 0.5) is 5.69 Å². The van der Waals surface area contributed by atoms with Gasteiger partial charge in [-0.3, -0.25) is 9.59 Å². The summed E-state index contributed by atoms with van der Waals surface area (Å²) in [4.78, 5) is 28.3. The van der Waals surface area contributed by atoms with Gasteiger partial charge >= 0.3 is 0 Å². The quantitative estimate of drug-likeness (QED) is 0.398. The first-order valence-electron chi connectivity index (χ1n) is 10.5. The summed E-state index contributed by atoms with van der Waals surface area (Å²) < 4.78 is 11.7. The van der Waals surface area contributed by atoms with E-state index < -0.39 is 11.6 Å². The first-order valence-corrected chi connectivity index (χ1v) is 10.5. The first kappa shape index (κ1) is 22.0. The molecule has 0 saturated heterocycles. The lowest BCUT2D eigenvalue weighted by molar-refractivity contribution is -0.121. The highest BCUT2D eigenvalue weighted by molar-refractivity contribution is 5.97. The second-order valence-corrected chi connectivity index (χ2v) is 7.54. The van der Waals surface area contributed by atoms with E-state index in [4.69, 9.17) is 9.26 Å². The lowest BCUT2D eigenvalue weighted by Crippen LogP contribution is -2.40. The minimum Gasteiger partial charge on any atom is -0.497 e. The third kappa shape index (κ3) is 4.03. The van der Waals surface area contributed by atoms with Crippen LogP contribution in [0.5, 0.6) is 5.75 Å². The standard InChI is InChI=1S/C25H24N4O4/c1-5-15-28(19-9-7-6-8-10-19)24(30)16(2)29-25(31)23-21(17(3)33-27-23)22(26-29)18-11-13-20(32-4)14-12-18/h5-14,16H,1,15H2,2-4H3/t16-/m1/s1. The maximum absolute atomic E-state index is 13.5. The minimum atomic E-state index is -0.893. The molecule has 0 saturated carbocycles. The van der Waals surface area contributed by atoms with E-state index in [-0.39, 0.29) is 11.4 Å². The molecule has 8 heteroatoms. The van der Waals surface area contributed by atoms with E-state index in [0.29, 0.717) is 34.8 Å². The van der Waals surface area contributed by atoms with Gasteiger partial charge in [-0.1, -0.05) is 29.4 Å². The van der Waals surface area contributed by atoms with Gasteiger partial charge in [-0.05, 0) is 50.2 Å². The van der Waals surface area contributed by atoms with E-state index in [2.05, 4.69) is 16.8 Å². The van der Waals surface area contributed by atoms with Crippen molar-refractivity contribution in [1.29, 1.82) is 0 Å². The third-order valence-corrected chi connectivity index (χ3v) is 5.45. The number of carbonyl (C=O) groups excluding carboxylic acids is 1. The highest BCUT2D eigenvalue weighted by atomic mass is 16.5. The molecule has 168 valence electrons. The van der Waals surface area contributed by atoms with Gasteiger partial charge in [0.25, 0.3) is 11.5 Å². The Labute approximate surface area is 190 Å². The number of hydrogen-bond acceptors (Lipinski definition) is 6. The molecule has 4 aromatic rings. The molecule has 0 unspecified atom stereocenters. The van der Waals surface area contributed by atoms with E-state index in [0.717, 1.165) is 5.56 Å². The van der Waals surface area contributed by atoms with E-state index >= 15 is 0 Å². The number of aromatic nitrogens is 3. The van der Waals surface area contributed by atoms with Crippen molar-refractivity contribution in [2.45, 2.75) is 19.9 Å². The fourth-order valence-corrected chi connectivity index (χ4v) is 3.71. The molecule has 0 aliphatic heterocycles. The Hall–Kier alpha value is -4.20. The third-order valence-electron chi connectivity index (χ3n) is 5.45. The number of fused-ring (bicyclic) bond motifs is 1. The largest absolute Gasteiger partial charge is 0.497 e. The highest BCUT2D eigenvalue weighted by Gasteiger charge is 2.27. The summed E-state index contributed by atoms with van der Waals surface area (Å²) in [6.45, 7) is 7.42. The zero-order valence-corrected chi connectivity index (χ0v) is 18.7. The van der Waals surface area contributed by atoms with Crippen molar-refractivity contribution in [3.63, 3.8) is 0 Å². The predicted molar refractivity (Wildman–Crippen MR) is 126 cm³/mol. The summed E-state index contributed by atoms with van der Waals surface area (Å²) in [5.74, 6) is 0.872. The molecule has 1 atom stereocenters. The molecule has 1 amide bonds. The Morgan fingerprint density at radius 2 is 1.91 bits per heavy atom. The molecule has 2 aromatic heterocycles. The van der Waals surface area contributed by atoms with E-state index in [9.17, 15) is 9.59 Å². The highest BCUT2D eigenvalue weighted by Crippen LogP contribution is 2.29. The van der Waals surface area contributed by atoms with Gasteiger partial charge in [0, 0.05) is 17.8 Å². The van der Waals surface area contributed by atoms with Crippen LogP contribution in [0.2, 0.25) is 0 Å². The molecule has 0 bridgehead atoms. The van der Waals surface area contributed by atoms with Crippen LogP contribution in [-0.2, 0) is 4.79 Å². The van der Waals surface area contributed by atoms with Crippen LogP contribution in [0.15, 0.2) is 76.6 Å². The lowest BCUT2D eigenvalue weighted by atomic mass is 10.1. The fourth-order valence-electron chi connectivity index (χ4n) is 3.71. The Morgan fingerprint density at radius 1 is 1.21 bits per heavy atom. The van der Waals surface area contributed by atoms with Gasteiger partial charge in [-0.25, -0.2) is 4.68 Å². The molecule has 2 heterocycles. The molecule has 4 rings (SSSR count). The van der Waals surface area contributed by atoms with E-state index in [1.54, 1.807) is 44.1 Å². The van der Waals surface area contributed by atoms with Gasteiger partial charge in [-0.15, -0.1) is 6.58 Å². The van der Waals surface area contributed by atoms with Crippen molar-refractivity contribution in [2.24, 2.45) is 0 Å². The zero-order valence-electron chi connectivity index (χ0n) is 18.7. The summed E-state index contributed by atoms with van der Waals surface area (Å²) in [6.07, 6.45) is 1.64. The second kappa shape index (κ2) is 9.12. The van der Waals surface area contributed by atoms with Gasteiger partial charge in [0.05, 0.1) is 12.5 Å². The average molecular weight is 444 g/mol. The Kier molecular flexibility index (Phi) is 6.08. The number of nitrogens with zero attached hydrogens (tertiary/aromatic N) is 4. The number of amides is 1. The first-order chi connectivity index (χ1) is 16.0. The molecule has 0 radical (unpaired) electrons. The monoisotopic (exact) mass is 444 g/mol. The summed E-state index contributed by atoms with van der Waals surface area (Å²) in [7, 11) is 1.59. The minimum absolute atomic E-state index is 0.128. The van der Waals surface area contributed by atoms with Crippen molar-refractivity contribution in [3.8, 4) is 17.0 Å². The number of benzene rings is 2. The number of anilines is 1. The van der Waals surface area contributed by atoms with Gasteiger partial charge in [-0.2, -0.15) is 5.10 Å². The molecule has 0 aliphatic rings. The zero-order chi connectivity index (χ0) is 23.5. The van der Waals surface area contributed by atoms with Crippen LogP contribution in [0.25, 0.3) is 22.2 Å². The number of ether oxygens (including phenoxy) is 1. The molecule has 0 fully saturated rings. The molecule has 33 heavy (non-hydrogen) atoms. The van der Waals surface area contributed by atoms with E-state index in [1.165, 1.54) is 4.68 Å². The predicted octanol–water partition coefficient (Wildman–Crippen LogP) is 4.15. The molecule has 2 aromatic carbocycles. The number of carbonyl (C=O) groups is 1. The summed E-state index contributed by atoms with van der Waals surface area (Å²) in [5.41, 5.74) is 1.58. The lowest BCUT2D eigenvalue weighted by Gasteiger charge is -2.25. The van der Waals surface area contributed by atoms with E-state index in [1.807, 2.05) is 42.5 Å². The average Bonchev–Trinajstić information content (AvgIpc) is 3.25. The van der Waals surface area contributed by atoms with Crippen LogP contribution in [0, 0.1) is 6.92 Å². The van der Waals surface area contributed by atoms with Crippen molar-refractivity contribution in [2.75, 3.05) is 18.6 Å². The van der Waals surface area contributed by atoms with Crippen LogP contribution >= 0.6 is 0 Å². The van der Waals surface area contributed by atoms with Crippen LogP contribution in [-0.4, -0.2) is 34.5 Å². The van der Waals surface area contributed by atoms with Crippen LogP contribution in [0.1, 0.15) is 18.7 Å². The topological polar surface area (TPSA) is 90.5 Å². The Morgan fingerprint density at radius 3 is 2.55 bits per heavy atom. The molecular weight excluding hydrogens is 420 g/mol. The maximum Gasteiger partial charge on any atom is 0.297 e. The summed E-state index contributed by atoms with van der Waals surface area (Å²) >= 11 is 0. The Bertz CT molecular complexity index is 1360. The normalized spacial score (nSPS) is 11.8. The fraction of sp³-hybridized carbons (Fsp3) is 0.200. The number of methoxy groups -OCH3 is 1. The molecule has 0 N–H and O–H groups in total. The number of aryl methyl sites for hydroxylation is 1. The number of para-hydroxylation sites is 1. The molecule has 0 aliphatic carbocycles. The maximum atomic E-state index is 13.5. The van der Waals surface area contributed by atoms with Crippen molar-refractivity contribution < 1.29 is 14.1 Å². The van der Waals surface area contributed by atoms with Gasteiger partial charge in [0.2, 0.25) is 0 Å². The van der Waals surface area contributed by atoms with Crippen molar-refractivity contribution in [1.82, 2.24) is 14.9 Å². The Balaban J connectivity index is 1.84. The van der Waals surface area contributed by atoms with Crippen molar-refractivity contribution in [3.05, 3.63) is 83.4 Å². The molecule has 0 spiro atoms. The molecule has 8 nitrogen and oxygen atoms in total. The summed E-state index contributed by atoms with van der Waals surface area (Å²) in [5, 5.41) is 9.09. The van der Waals surface area contributed by atoms with Gasteiger partial charge < -0.3 is 14.2 Å². The SMILES string of the molecule is C=CCN(C(=O)[C@@H](C)n1nc(-c2ccc(OC)cc2)c2c(C)onc2c1=O)c1ccccc1. The van der Waals surface area contributed by atoms with Gasteiger partial charge in [0.15, 0.2) is 5.52 Å². The van der Waals surface area contributed by atoms with Gasteiger partial charge in [0.1, 0.15) is 23.2 Å². The second-order valence-electron chi connectivity index (χ2n) is 7.54. The smallest absolute Gasteiger partial charge is 0.297 e. The van der Waals surface area contributed by atoms with Crippen LogP contribution in [0.3, 0.4) is 0 Å². The number of rotatable bonds is 7. The van der Waals surface area contributed by atoms with Crippen molar-refractivity contribution >= 4 is 22.5 Å². The number of hydrogen-bond donors (Lipinski definition) is 0. The van der Waals surface area contributed by atoms with Crippen LogP contribution < -0.4 is 15.2 Å². The molecular formula is C25H24N4O4.